The van der Waals surface area contributed by atoms with Crippen molar-refractivity contribution in [3.05, 3.63) is 51.4 Å². The van der Waals surface area contributed by atoms with E-state index in [2.05, 4.69) is 15.3 Å². The predicted octanol–water partition coefficient (Wildman–Crippen LogP) is 3.77. The Morgan fingerprint density at radius 3 is 2.50 bits per heavy atom. The average molecular weight is 349 g/mol. The van der Waals surface area contributed by atoms with Gasteiger partial charge in [0, 0.05) is 23.5 Å². The molecule has 0 atom stereocenters. The summed E-state index contributed by atoms with van der Waals surface area (Å²) in [6.45, 7) is 5.86. The van der Waals surface area contributed by atoms with E-state index < -0.39 is 0 Å². The number of hydrogen-bond donors (Lipinski definition) is 2. The molecule has 6 heteroatoms. The number of para-hydroxylation sites is 1. The summed E-state index contributed by atoms with van der Waals surface area (Å²) in [5, 5.41) is 4.05. The predicted molar refractivity (Wildman–Crippen MR) is 105 cm³/mol. The lowest BCUT2D eigenvalue weighted by molar-refractivity contribution is 0.313. The summed E-state index contributed by atoms with van der Waals surface area (Å²) in [6.07, 6.45) is 4.86. The van der Waals surface area contributed by atoms with Gasteiger partial charge < -0.3 is 11.1 Å². The molecule has 0 saturated heterocycles. The first-order chi connectivity index (χ1) is 12.5. The van der Waals surface area contributed by atoms with Gasteiger partial charge in [-0.15, -0.1) is 0 Å². The first-order valence-corrected chi connectivity index (χ1v) is 8.98. The van der Waals surface area contributed by atoms with E-state index in [1.165, 1.54) is 0 Å². The molecule has 1 saturated carbocycles. The Balaban J connectivity index is 1.89. The van der Waals surface area contributed by atoms with Crippen LogP contribution in [0.5, 0.6) is 0 Å². The number of hydrogen-bond acceptors (Lipinski definition) is 5. The van der Waals surface area contributed by atoms with Crippen LogP contribution in [0.2, 0.25) is 0 Å². The Morgan fingerprint density at radius 2 is 1.88 bits per heavy atom. The number of rotatable bonds is 3. The molecule has 0 radical (unpaired) electrons. The zero-order chi connectivity index (χ0) is 18.4. The van der Waals surface area contributed by atoms with Gasteiger partial charge in [0.15, 0.2) is 5.65 Å². The monoisotopic (exact) mass is 349 g/mol. The lowest BCUT2D eigenvalue weighted by Crippen LogP contribution is -2.32. The van der Waals surface area contributed by atoms with Crippen LogP contribution < -0.4 is 16.6 Å². The van der Waals surface area contributed by atoms with Gasteiger partial charge in [-0.1, -0.05) is 18.2 Å². The zero-order valence-corrected chi connectivity index (χ0v) is 15.3. The fourth-order valence-corrected chi connectivity index (χ4v) is 3.51. The molecule has 0 aliphatic heterocycles. The number of benzene rings is 1. The molecule has 0 amide bonds. The number of aromatic nitrogens is 3. The highest BCUT2D eigenvalue weighted by atomic mass is 16.1. The molecular formula is C20H23N5O. The van der Waals surface area contributed by atoms with Gasteiger partial charge in [-0.05, 0) is 51.2 Å². The summed E-state index contributed by atoms with van der Waals surface area (Å²) in [4.78, 5) is 21.9. The third-order valence-electron chi connectivity index (χ3n) is 5.39. The van der Waals surface area contributed by atoms with Gasteiger partial charge in [0.25, 0.3) is 5.56 Å². The van der Waals surface area contributed by atoms with Gasteiger partial charge in [-0.3, -0.25) is 9.36 Å². The van der Waals surface area contributed by atoms with E-state index in [0.717, 1.165) is 41.5 Å². The Hall–Kier alpha value is -2.89. The molecule has 0 unspecified atom stereocenters. The van der Waals surface area contributed by atoms with Crippen molar-refractivity contribution in [1.29, 1.82) is 0 Å². The number of nitrogens with zero attached hydrogens (tertiary/aromatic N) is 3. The molecule has 4 rings (SSSR count). The normalized spacial score (nSPS) is 14.4. The minimum absolute atomic E-state index is 0.0450. The third kappa shape index (κ3) is 2.53. The highest BCUT2D eigenvalue weighted by molar-refractivity contribution is 5.89. The highest BCUT2D eigenvalue weighted by Crippen LogP contribution is 2.34. The van der Waals surface area contributed by atoms with Crippen LogP contribution in [-0.2, 0) is 0 Å². The summed E-state index contributed by atoms with van der Waals surface area (Å²) >= 11 is 0. The molecule has 134 valence electrons. The van der Waals surface area contributed by atoms with E-state index in [1.54, 1.807) is 13.1 Å². The molecule has 26 heavy (non-hydrogen) atoms. The van der Waals surface area contributed by atoms with Crippen LogP contribution in [0.4, 0.5) is 17.3 Å². The SMILES string of the molecule is Cc1cccc(C)c1Nc1ncc2c(N)c(C)c(=O)n(C3CCC3)c2n1. The Bertz CT molecular complexity index is 1050. The van der Waals surface area contributed by atoms with E-state index in [1.807, 2.05) is 36.6 Å². The van der Waals surface area contributed by atoms with Crippen LogP contribution in [0.3, 0.4) is 0 Å². The minimum atomic E-state index is -0.0450. The summed E-state index contributed by atoms with van der Waals surface area (Å²) in [5.41, 5.74) is 11.0. The second-order valence-electron chi connectivity index (χ2n) is 7.12. The van der Waals surface area contributed by atoms with Crippen LogP contribution in [0, 0.1) is 20.8 Å². The second kappa shape index (κ2) is 6.12. The van der Waals surface area contributed by atoms with Crippen LogP contribution in [-0.4, -0.2) is 14.5 Å². The van der Waals surface area contributed by atoms with Crippen LogP contribution >= 0.6 is 0 Å². The molecule has 0 spiro atoms. The van der Waals surface area contributed by atoms with E-state index >= 15 is 0 Å². The Labute approximate surface area is 152 Å². The molecule has 1 aliphatic carbocycles. The minimum Gasteiger partial charge on any atom is -0.398 e. The number of aryl methyl sites for hydroxylation is 2. The van der Waals surface area contributed by atoms with E-state index in [9.17, 15) is 4.79 Å². The maximum Gasteiger partial charge on any atom is 0.257 e. The molecule has 3 aromatic rings. The lowest BCUT2D eigenvalue weighted by atomic mass is 9.92. The fourth-order valence-electron chi connectivity index (χ4n) is 3.51. The third-order valence-corrected chi connectivity index (χ3v) is 5.39. The van der Waals surface area contributed by atoms with Gasteiger partial charge in [0.05, 0.1) is 11.1 Å². The molecule has 6 nitrogen and oxygen atoms in total. The van der Waals surface area contributed by atoms with Gasteiger partial charge in [0.1, 0.15) is 0 Å². The van der Waals surface area contributed by atoms with Crippen molar-refractivity contribution >= 4 is 28.4 Å². The molecule has 1 fully saturated rings. The van der Waals surface area contributed by atoms with E-state index in [0.29, 0.717) is 22.8 Å². The Kier molecular flexibility index (Phi) is 3.90. The molecule has 2 heterocycles. The summed E-state index contributed by atoms with van der Waals surface area (Å²) in [5.74, 6) is 0.477. The number of nitrogen functional groups attached to an aromatic ring is 1. The topological polar surface area (TPSA) is 85.8 Å². The molecule has 1 aromatic carbocycles. The van der Waals surface area contributed by atoms with Crippen molar-refractivity contribution in [2.75, 3.05) is 11.1 Å². The molecular weight excluding hydrogens is 326 g/mol. The van der Waals surface area contributed by atoms with Crippen molar-refractivity contribution in [2.45, 2.75) is 46.1 Å². The number of anilines is 3. The largest absolute Gasteiger partial charge is 0.398 e. The number of pyridine rings is 1. The smallest absolute Gasteiger partial charge is 0.257 e. The van der Waals surface area contributed by atoms with Gasteiger partial charge in [0.2, 0.25) is 5.95 Å². The lowest BCUT2D eigenvalue weighted by Gasteiger charge is -2.29. The van der Waals surface area contributed by atoms with Crippen molar-refractivity contribution in [1.82, 2.24) is 14.5 Å². The summed E-state index contributed by atoms with van der Waals surface area (Å²) in [6, 6.07) is 6.31. The maximum absolute atomic E-state index is 12.8. The Morgan fingerprint density at radius 1 is 1.19 bits per heavy atom. The zero-order valence-electron chi connectivity index (χ0n) is 15.3. The van der Waals surface area contributed by atoms with Gasteiger partial charge in [-0.2, -0.15) is 4.98 Å². The standard InChI is InChI=1S/C20H23N5O/c1-11-6-4-7-12(2)17(11)23-20-22-10-15-16(21)13(3)19(26)25(18(15)24-20)14-8-5-9-14/h4,6-7,10,14H,5,8-9,21H2,1-3H3,(H,22,23,24). The molecule has 3 N–H and O–H groups in total. The van der Waals surface area contributed by atoms with E-state index in [-0.39, 0.29) is 11.6 Å². The molecule has 0 bridgehead atoms. The van der Waals surface area contributed by atoms with Crippen LogP contribution in [0.15, 0.2) is 29.2 Å². The van der Waals surface area contributed by atoms with Crippen LogP contribution in [0.25, 0.3) is 11.0 Å². The van der Waals surface area contributed by atoms with E-state index in [4.69, 9.17) is 5.73 Å². The second-order valence-corrected chi connectivity index (χ2v) is 7.12. The first kappa shape index (κ1) is 16.6. The quantitative estimate of drug-likeness (QED) is 0.752. The highest BCUT2D eigenvalue weighted by Gasteiger charge is 2.25. The molecule has 2 aromatic heterocycles. The van der Waals surface area contributed by atoms with Crippen molar-refractivity contribution in [2.24, 2.45) is 0 Å². The van der Waals surface area contributed by atoms with Crippen LogP contribution in [0.1, 0.15) is 42.0 Å². The number of nitrogens with two attached hydrogens (primary N) is 1. The molecule has 1 aliphatic rings. The number of fused-ring (bicyclic) bond motifs is 1. The summed E-state index contributed by atoms with van der Waals surface area (Å²) in [7, 11) is 0. The fraction of sp³-hybridized carbons (Fsp3) is 0.350. The van der Waals surface area contributed by atoms with Gasteiger partial charge >= 0.3 is 0 Å². The maximum atomic E-state index is 12.8. The van der Waals surface area contributed by atoms with Crippen molar-refractivity contribution < 1.29 is 0 Å². The van der Waals surface area contributed by atoms with Crippen molar-refractivity contribution in [3.8, 4) is 0 Å². The first-order valence-electron chi connectivity index (χ1n) is 8.98. The summed E-state index contributed by atoms with van der Waals surface area (Å²) < 4.78 is 1.81. The van der Waals surface area contributed by atoms with Crippen molar-refractivity contribution in [3.63, 3.8) is 0 Å². The average Bonchev–Trinajstić information content (AvgIpc) is 2.58. The number of nitrogens with one attached hydrogen (secondary N) is 1. The van der Waals surface area contributed by atoms with Gasteiger partial charge in [-0.25, -0.2) is 4.98 Å².